The van der Waals surface area contributed by atoms with Crippen molar-refractivity contribution in [2.45, 2.75) is 30.6 Å². The van der Waals surface area contributed by atoms with Crippen LogP contribution in [0.3, 0.4) is 0 Å². The van der Waals surface area contributed by atoms with Gasteiger partial charge in [-0.15, -0.1) is 0 Å². The molecule has 1 N–H and O–H groups in total. The molecule has 0 spiro atoms. The second-order valence-corrected chi connectivity index (χ2v) is 4.47. The molecule has 0 radical (unpaired) electrons. The summed E-state index contributed by atoms with van der Waals surface area (Å²) in [6.07, 6.45) is 1.24. The molecule has 0 aromatic carbocycles. The van der Waals surface area contributed by atoms with Crippen molar-refractivity contribution in [3.8, 4) is 0 Å². The molecule has 0 aromatic heterocycles. The second kappa shape index (κ2) is 7.11. The normalized spacial score (nSPS) is 11.9. The van der Waals surface area contributed by atoms with Crippen molar-refractivity contribution in [2.75, 3.05) is 6.54 Å². The minimum absolute atomic E-state index is 0.297. The van der Waals surface area contributed by atoms with E-state index in [0.29, 0.717) is 6.54 Å². The van der Waals surface area contributed by atoms with Crippen molar-refractivity contribution in [1.82, 2.24) is 5.32 Å². The van der Waals surface area contributed by atoms with E-state index in [-0.39, 0.29) is 3.92 Å². The average molecular weight is 299 g/mol. The second-order valence-electron chi connectivity index (χ2n) is 2.60. The molecule has 13 heavy (non-hydrogen) atoms. The summed E-state index contributed by atoms with van der Waals surface area (Å²) in [5, 5.41) is 2.48. The quantitative estimate of drug-likeness (QED) is 0.283. The first-order chi connectivity index (χ1) is 6.07. The molecule has 76 valence electrons. The highest BCUT2D eigenvalue weighted by molar-refractivity contribution is 14.1. The number of rotatable bonds is 4. The van der Waals surface area contributed by atoms with Gasteiger partial charge in [0.05, 0.1) is 0 Å². The van der Waals surface area contributed by atoms with Crippen LogP contribution < -0.4 is 5.32 Å². The number of amides is 1. The molecule has 1 amide bonds. The topological polar surface area (TPSA) is 55.4 Å². The van der Waals surface area contributed by atoms with Crippen molar-refractivity contribution in [1.29, 1.82) is 0 Å². The lowest BCUT2D eigenvalue weighted by molar-refractivity contribution is -0.135. The fourth-order valence-corrected chi connectivity index (χ4v) is 0.703. The van der Waals surface area contributed by atoms with E-state index >= 15 is 0 Å². The maximum Gasteiger partial charge on any atom is 0.414 e. The van der Waals surface area contributed by atoms with E-state index in [2.05, 4.69) is 10.1 Å². The van der Waals surface area contributed by atoms with Crippen LogP contribution in [0.1, 0.15) is 26.7 Å². The number of carbonyl (C=O) groups is 2. The molecule has 0 fully saturated rings. The van der Waals surface area contributed by atoms with Gasteiger partial charge in [0.1, 0.15) is 3.92 Å². The number of alkyl halides is 1. The van der Waals surface area contributed by atoms with E-state index in [1.807, 2.05) is 29.5 Å². The van der Waals surface area contributed by atoms with E-state index < -0.39 is 12.1 Å². The lowest BCUT2D eigenvalue weighted by atomic mass is 10.3. The number of carbonyl (C=O) groups excluding carboxylic acids is 2. The van der Waals surface area contributed by atoms with E-state index in [1.54, 1.807) is 6.92 Å². The molecule has 1 unspecified atom stereocenters. The fourth-order valence-electron chi connectivity index (χ4n) is 0.576. The van der Waals surface area contributed by atoms with Crippen molar-refractivity contribution >= 4 is 34.7 Å². The van der Waals surface area contributed by atoms with Crippen molar-refractivity contribution < 1.29 is 14.3 Å². The highest BCUT2D eigenvalue weighted by atomic mass is 127. The maximum atomic E-state index is 10.9. The first-order valence-electron chi connectivity index (χ1n) is 4.21. The smallest absolute Gasteiger partial charge is 0.375 e. The summed E-state index contributed by atoms with van der Waals surface area (Å²) >= 11 is 1.89. The standard InChI is InChI=1S/C8H14INO3/c1-3-4-5-10-8(12)13-7(11)6(2)9/h6H,3-5H2,1-2H3,(H,10,12). The molecule has 0 aromatic rings. The van der Waals surface area contributed by atoms with E-state index in [1.165, 1.54) is 0 Å². The Morgan fingerprint density at radius 3 is 2.62 bits per heavy atom. The van der Waals surface area contributed by atoms with Crippen LogP contribution in [-0.4, -0.2) is 22.5 Å². The molecule has 4 nitrogen and oxygen atoms in total. The third-order valence-electron chi connectivity index (χ3n) is 1.32. The van der Waals surface area contributed by atoms with Gasteiger partial charge in [0.2, 0.25) is 0 Å². The molecule has 0 aliphatic heterocycles. The van der Waals surface area contributed by atoms with Crippen LogP contribution in [0.4, 0.5) is 4.79 Å². The van der Waals surface area contributed by atoms with Gasteiger partial charge in [-0.05, 0) is 13.3 Å². The zero-order valence-electron chi connectivity index (χ0n) is 7.80. The molecule has 0 aliphatic carbocycles. The van der Waals surface area contributed by atoms with Crippen LogP contribution in [0, 0.1) is 0 Å². The summed E-state index contributed by atoms with van der Waals surface area (Å²) in [6, 6.07) is 0. The van der Waals surface area contributed by atoms with Gasteiger partial charge in [-0.2, -0.15) is 0 Å². The first kappa shape index (κ1) is 12.7. The SMILES string of the molecule is CCCCNC(=O)OC(=O)C(C)I. The number of alkyl carbamates (subject to hydrolysis) is 1. The van der Waals surface area contributed by atoms with Gasteiger partial charge in [0.25, 0.3) is 0 Å². The molecule has 0 bridgehead atoms. The third-order valence-corrected chi connectivity index (χ3v) is 1.83. The summed E-state index contributed by atoms with van der Waals surface area (Å²) in [5.41, 5.74) is 0. The van der Waals surface area contributed by atoms with E-state index in [4.69, 9.17) is 0 Å². The number of hydrogen-bond donors (Lipinski definition) is 1. The Balaban J connectivity index is 3.56. The molecule has 5 heteroatoms. The molecular formula is C8H14INO3. The first-order valence-corrected chi connectivity index (χ1v) is 5.46. The molecule has 0 saturated heterocycles. The Hall–Kier alpha value is -0.330. The Kier molecular flexibility index (Phi) is 6.93. The maximum absolute atomic E-state index is 10.9. The predicted octanol–water partition coefficient (Wildman–Crippen LogP) is 1.86. The summed E-state index contributed by atoms with van der Waals surface area (Å²) in [6.45, 7) is 4.24. The minimum Gasteiger partial charge on any atom is -0.375 e. The van der Waals surface area contributed by atoms with Crippen molar-refractivity contribution in [3.05, 3.63) is 0 Å². The van der Waals surface area contributed by atoms with Gasteiger partial charge >= 0.3 is 12.1 Å². The third kappa shape index (κ3) is 6.80. The van der Waals surface area contributed by atoms with Crippen LogP contribution >= 0.6 is 22.6 Å². The van der Waals surface area contributed by atoms with E-state index in [0.717, 1.165) is 12.8 Å². The van der Waals surface area contributed by atoms with Gasteiger partial charge in [0, 0.05) is 6.54 Å². The van der Waals surface area contributed by atoms with Gasteiger partial charge in [0.15, 0.2) is 0 Å². The van der Waals surface area contributed by atoms with Crippen LogP contribution in [0.15, 0.2) is 0 Å². The highest BCUT2D eigenvalue weighted by Gasteiger charge is 2.14. The fraction of sp³-hybridized carbons (Fsp3) is 0.750. The Bertz CT molecular complexity index is 182. The zero-order valence-corrected chi connectivity index (χ0v) is 9.96. The molecular weight excluding hydrogens is 285 g/mol. The Labute approximate surface area is 91.5 Å². The summed E-state index contributed by atoms with van der Waals surface area (Å²) in [4.78, 5) is 21.8. The van der Waals surface area contributed by atoms with Gasteiger partial charge in [-0.3, -0.25) is 4.79 Å². The number of ether oxygens (including phenoxy) is 1. The average Bonchev–Trinajstić information content (AvgIpc) is 2.04. The molecule has 0 heterocycles. The van der Waals surface area contributed by atoms with Gasteiger partial charge in [-0.1, -0.05) is 35.9 Å². The Morgan fingerprint density at radius 1 is 1.54 bits per heavy atom. The van der Waals surface area contributed by atoms with Gasteiger partial charge in [-0.25, -0.2) is 4.79 Å². The van der Waals surface area contributed by atoms with Gasteiger partial charge < -0.3 is 10.1 Å². The lowest BCUT2D eigenvalue weighted by Gasteiger charge is -2.05. The van der Waals surface area contributed by atoms with Crippen LogP contribution in [0.5, 0.6) is 0 Å². The monoisotopic (exact) mass is 299 g/mol. The van der Waals surface area contributed by atoms with E-state index in [9.17, 15) is 9.59 Å². The lowest BCUT2D eigenvalue weighted by Crippen LogP contribution is -2.29. The van der Waals surface area contributed by atoms with Crippen LogP contribution in [0.25, 0.3) is 0 Å². The zero-order chi connectivity index (χ0) is 10.3. The van der Waals surface area contributed by atoms with Crippen molar-refractivity contribution in [3.63, 3.8) is 0 Å². The number of unbranched alkanes of at least 4 members (excludes halogenated alkanes) is 1. The highest BCUT2D eigenvalue weighted by Crippen LogP contribution is 2.00. The number of esters is 1. The molecule has 0 saturated carbocycles. The summed E-state index contributed by atoms with van der Waals surface area (Å²) < 4.78 is 4.17. The number of nitrogens with one attached hydrogen (secondary N) is 1. The number of halogens is 1. The summed E-state index contributed by atoms with van der Waals surface area (Å²) in [7, 11) is 0. The Morgan fingerprint density at radius 2 is 2.15 bits per heavy atom. The molecule has 1 atom stereocenters. The van der Waals surface area contributed by atoms with Crippen molar-refractivity contribution in [2.24, 2.45) is 0 Å². The largest absolute Gasteiger partial charge is 0.414 e. The van der Waals surface area contributed by atoms with Crippen LogP contribution in [0.2, 0.25) is 0 Å². The van der Waals surface area contributed by atoms with Crippen LogP contribution in [-0.2, 0) is 9.53 Å². The molecule has 0 aliphatic rings. The minimum atomic E-state index is -0.651. The number of hydrogen-bond acceptors (Lipinski definition) is 3. The summed E-state index contributed by atoms with van der Waals surface area (Å²) in [5.74, 6) is -0.505. The molecule has 0 rings (SSSR count). The predicted molar refractivity (Wildman–Crippen MR) is 57.9 cm³/mol.